The number of nitrogens with two attached hydrogens (primary N) is 1. The highest BCUT2D eigenvalue weighted by Crippen LogP contribution is 2.30. The summed E-state index contributed by atoms with van der Waals surface area (Å²) in [5, 5.41) is 0. The molecule has 0 amide bonds. The van der Waals surface area contributed by atoms with Crippen LogP contribution in [0.2, 0.25) is 0 Å². The molecule has 0 aromatic carbocycles. The van der Waals surface area contributed by atoms with E-state index in [0.717, 1.165) is 18.8 Å². The smallest absolute Gasteiger partial charge is 0.0103 e. The molecule has 0 aromatic rings. The molecule has 0 spiro atoms. The number of hydrogen-bond donors (Lipinski definition) is 1. The Labute approximate surface area is 69.4 Å². The molecule has 0 bridgehead atoms. The van der Waals surface area contributed by atoms with E-state index < -0.39 is 0 Å². The number of rotatable bonds is 3. The van der Waals surface area contributed by atoms with Crippen molar-refractivity contribution in [3.63, 3.8) is 0 Å². The van der Waals surface area contributed by atoms with Crippen molar-refractivity contribution in [2.45, 2.75) is 45.1 Å². The quantitative estimate of drug-likeness (QED) is 0.613. The molecule has 1 aliphatic rings. The highest BCUT2D eigenvalue weighted by Gasteiger charge is 2.23. The molecule has 1 heteroatoms. The van der Waals surface area contributed by atoms with E-state index in [1.807, 2.05) is 6.92 Å². The van der Waals surface area contributed by atoms with Gasteiger partial charge in [-0.1, -0.05) is 6.42 Å². The maximum Gasteiger partial charge on any atom is 0.0103 e. The van der Waals surface area contributed by atoms with Gasteiger partial charge in [-0.25, -0.2) is 0 Å². The Hall–Kier alpha value is -0.480. The Kier molecular flexibility index (Phi) is 3.45. The molecule has 1 atom stereocenters. The molecule has 62 valence electrons. The van der Waals surface area contributed by atoms with E-state index in [4.69, 9.17) is 5.73 Å². The molecule has 0 aliphatic heterocycles. The van der Waals surface area contributed by atoms with Gasteiger partial charge >= 0.3 is 0 Å². The fourth-order valence-corrected chi connectivity index (χ4v) is 1.47. The second kappa shape index (κ2) is 4.41. The van der Waals surface area contributed by atoms with Crippen LogP contribution in [0, 0.1) is 17.8 Å². The van der Waals surface area contributed by atoms with Crippen LogP contribution >= 0.6 is 0 Å². The van der Waals surface area contributed by atoms with Gasteiger partial charge in [0.05, 0.1) is 0 Å². The third kappa shape index (κ3) is 2.55. The first-order valence-corrected chi connectivity index (χ1v) is 4.49. The van der Waals surface area contributed by atoms with Gasteiger partial charge in [-0.2, -0.15) is 0 Å². The van der Waals surface area contributed by atoms with Crippen LogP contribution in [0.4, 0.5) is 0 Å². The van der Waals surface area contributed by atoms with E-state index in [0.29, 0.717) is 6.04 Å². The zero-order valence-electron chi connectivity index (χ0n) is 7.27. The summed E-state index contributed by atoms with van der Waals surface area (Å²) >= 11 is 0. The lowest BCUT2D eigenvalue weighted by molar-refractivity contribution is 0.254. The summed E-state index contributed by atoms with van der Waals surface area (Å²) in [5.41, 5.74) is 5.95. The summed E-state index contributed by atoms with van der Waals surface area (Å²) in [6.45, 7) is 1.88. The summed E-state index contributed by atoms with van der Waals surface area (Å²) < 4.78 is 0. The fraction of sp³-hybridized carbons (Fsp3) is 0.800. The molecule has 1 saturated carbocycles. The summed E-state index contributed by atoms with van der Waals surface area (Å²) in [6, 6.07) is 0.421. The lowest BCUT2D eigenvalue weighted by Gasteiger charge is -2.30. The third-order valence-electron chi connectivity index (χ3n) is 2.53. The van der Waals surface area contributed by atoms with Crippen molar-refractivity contribution in [1.29, 1.82) is 0 Å². The molecule has 0 heterocycles. The Balaban J connectivity index is 2.08. The van der Waals surface area contributed by atoms with Crippen molar-refractivity contribution >= 4 is 0 Å². The monoisotopic (exact) mass is 151 g/mol. The molecular formula is C10H17N. The lowest BCUT2D eigenvalue weighted by atomic mass is 9.79. The highest BCUT2D eigenvalue weighted by atomic mass is 14.7. The van der Waals surface area contributed by atoms with Crippen molar-refractivity contribution in [3.05, 3.63) is 0 Å². The van der Waals surface area contributed by atoms with Gasteiger partial charge in [0.25, 0.3) is 0 Å². The molecule has 1 unspecified atom stereocenters. The molecule has 0 radical (unpaired) electrons. The van der Waals surface area contributed by atoms with Crippen LogP contribution in [-0.4, -0.2) is 6.04 Å². The second-order valence-electron chi connectivity index (χ2n) is 3.32. The molecule has 1 rings (SSSR count). The normalized spacial score (nSPS) is 19.8. The Morgan fingerprint density at radius 3 is 2.73 bits per heavy atom. The van der Waals surface area contributed by atoms with Crippen LogP contribution < -0.4 is 5.73 Å². The van der Waals surface area contributed by atoms with Crippen LogP contribution in [0.1, 0.15) is 39.0 Å². The van der Waals surface area contributed by atoms with Gasteiger partial charge in [0, 0.05) is 12.5 Å². The molecule has 1 nitrogen and oxygen atoms in total. The van der Waals surface area contributed by atoms with Gasteiger partial charge in [0.2, 0.25) is 0 Å². The van der Waals surface area contributed by atoms with E-state index in [9.17, 15) is 0 Å². The maximum atomic E-state index is 5.95. The number of hydrogen-bond acceptors (Lipinski definition) is 1. The lowest BCUT2D eigenvalue weighted by Crippen LogP contribution is -2.34. The van der Waals surface area contributed by atoms with Crippen LogP contribution in [0.5, 0.6) is 0 Å². The van der Waals surface area contributed by atoms with Crippen LogP contribution in [0.15, 0.2) is 0 Å². The summed E-state index contributed by atoms with van der Waals surface area (Å²) in [7, 11) is 0. The molecule has 11 heavy (non-hydrogen) atoms. The van der Waals surface area contributed by atoms with Gasteiger partial charge in [-0.05, 0) is 32.1 Å². The maximum absolute atomic E-state index is 5.95. The molecule has 2 N–H and O–H groups in total. The summed E-state index contributed by atoms with van der Waals surface area (Å²) in [4.78, 5) is 0. The van der Waals surface area contributed by atoms with Gasteiger partial charge in [-0.3, -0.25) is 0 Å². The molecular weight excluding hydrogens is 134 g/mol. The molecule has 1 fully saturated rings. The third-order valence-corrected chi connectivity index (χ3v) is 2.53. The van der Waals surface area contributed by atoms with Gasteiger partial charge in [-0.15, -0.1) is 11.8 Å². The van der Waals surface area contributed by atoms with Crippen LogP contribution in [0.3, 0.4) is 0 Å². The zero-order chi connectivity index (χ0) is 8.10. The van der Waals surface area contributed by atoms with Gasteiger partial charge in [0.1, 0.15) is 0 Å². The van der Waals surface area contributed by atoms with Gasteiger partial charge in [0.15, 0.2) is 0 Å². The summed E-state index contributed by atoms with van der Waals surface area (Å²) in [6.07, 6.45) is 6.15. The standard InChI is InChI=1S/C10H17N/c1-2-3-4-8-10(11)9-6-5-7-9/h9-10H,4-8,11H2,1H3. The largest absolute Gasteiger partial charge is 0.327 e. The van der Waals surface area contributed by atoms with Crippen molar-refractivity contribution in [2.75, 3.05) is 0 Å². The molecule has 0 aromatic heterocycles. The first-order chi connectivity index (χ1) is 5.34. The minimum atomic E-state index is 0.421. The van der Waals surface area contributed by atoms with Gasteiger partial charge < -0.3 is 5.73 Å². The van der Waals surface area contributed by atoms with E-state index in [1.54, 1.807) is 0 Å². The average Bonchev–Trinajstić information content (AvgIpc) is 1.84. The van der Waals surface area contributed by atoms with Crippen molar-refractivity contribution < 1.29 is 0 Å². The molecule has 1 aliphatic carbocycles. The average molecular weight is 151 g/mol. The first kappa shape index (κ1) is 8.62. The van der Waals surface area contributed by atoms with E-state index >= 15 is 0 Å². The van der Waals surface area contributed by atoms with Crippen LogP contribution in [-0.2, 0) is 0 Å². The molecule has 0 saturated heterocycles. The second-order valence-corrected chi connectivity index (χ2v) is 3.32. The minimum Gasteiger partial charge on any atom is -0.327 e. The Bertz CT molecular complexity index is 159. The zero-order valence-corrected chi connectivity index (χ0v) is 7.27. The van der Waals surface area contributed by atoms with Crippen molar-refractivity contribution in [3.8, 4) is 11.8 Å². The highest BCUT2D eigenvalue weighted by molar-refractivity contribution is 4.96. The predicted octanol–water partition coefficient (Wildman–Crippen LogP) is 1.92. The topological polar surface area (TPSA) is 26.0 Å². The van der Waals surface area contributed by atoms with E-state index in [-0.39, 0.29) is 0 Å². The summed E-state index contributed by atoms with van der Waals surface area (Å²) in [5.74, 6) is 6.76. The SMILES string of the molecule is CC#CCCC(N)C1CCC1. The first-order valence-electron chi connectivity index (χ1n) is 4.49. The van der Waals surface area contributed by atoms with Crippen molar-refractivity contribution in [1.82, 2.24) is 0 Å². The van der Waals surface area contributed by atoms with E-state index in [1.165, 1.54) is 19.3 Å². The van der Waals surface area contributed by atoms with Crippen molar-refractivity contribution in [2.24, 2.45) is 11.7 Å². The Morgan fingerprint density at radius 2 is 2.27 bits per heavy atom. The van der Waals surface area contributed by atoms with E-state index in [2.05, 4.69) is 11.8 Å². The minimum absolute atomic E-state index is 0.421. The fourth-order valence-electron chi connectivity index (χ4n) is 1.47. The predicted molar refractivity (Wildman–Crippen MR) is 48.0 cm³/mol. The Morgan fingerprint density at radius 1 is 1.55 bits per heavy atom. The van der Waals surface area contributed by atoms with Crippen LogP contribution in [0.25, 0.3) is 0 Å².